The summed E-state index contributed by atoms with van der Waals surface area (Å²) in [5.74, 6) is 1.35. The highest BCUT2D eigenvalue weighted by Crippen LogP contribution is 2.08. The zero-order valence-corrected chi connectivity index (χ0v) is 7.83. The van der Waals surface area contributed by atoms with Crippen molar-refractivity contribution < 1.29 is 4.79 Å². The van der Waals surface area contributed by atoms with Crippen molar-refractivity contribution in [2.24, 2.45) is 5.92 Å². The summed E-state index contributed by atoms with van der Waals surface area (Å²) in [5.41, 5.74) is 0. The van der Waals surface area contributed by atoms with Gasteiger partial charge in [-0.05, 0) is 12.7 Å². The summed E-state index contributed by atoms with van der Waals surface area (Å²) in [6, 6.07) is 0. The van der Waals surface area contributed by atoms with E-state index in [0.717, 1.165) is 12.8 Å². The van der Waals surface area contributed by atoms with Crippen LogP contribution in [0.3, 0.4) is 0 Å². The lowest BCUT2D eigenvalue weighted by molar-refractivity contribution is -0.120. The molecule has 0 spiro atoms. The van der Waals surface area contributed by atoms with Crippen molar-refractivity contribution in [3.05, 3.63) is 0 Å². The van der Waals surface area contributed by atoms with Crippen LogP contribution in [0.2, 0.25) is 0 Å². The maximum Gasteiger partial charge on any atom is 0.145 e. The normalized spacial score (nSPS) is 13.1. The van der Waals surface area contributed by atoms with Gasteiger partial charge in [-0.15, -0.1) is 0 Å². The highest BCUT2D eigenvalue weighted by molar-refractivity contribution is 7.99. The summed E-state index contributed by atoms with van der Waals surface area (Å²) < 4.78 is 0. The first kappa shape index (κ1) is 10.0. The molecule has 0 aliphatic heterocycles. The predicted octanol–water partition coefficient (Wildman–Crippen LogP) is 2.35. The second-order valence-corrected chi connectivity index (χ2v) is 3.46. The fourth-order valence-electron chi connectivity index (χ4n) is 0.879. The van der Waals surface area contributed by atoms with Gasteiger partial charge in [-0.1, -0.05) is 20.3 Å². The Balaban J connectivity index is 3.49. The second kappa shape index (κ2) is 5.78. The quantitative estimate of drug-likeness (QED) is 0.614. The molecule has 0 saturated heterocycles. The van der Waals surface area contributed by atoms with Crippen LogP contribution >= 0.6 is 11.8 Å². The van der Waals surface area contributed by atoms with Gasteiger partial charge in [-0.25, -0.2) is 0 Å². The third-order valence-corrected chi connectivity index (χ3v) is 2.13. The predicted molar refractivity (Wildman–Crippen MR) is 47.5 cm³/mol. The molecule has 0 radical (unpaired) electrons. The number of rotatable bonds is 5. The van der Waals surface area contributed by atoms with Crippen molar-refractivity contribution in [1.29, 1.82) is 0 Å². The number of carbonyl (C=O) groups excluding carboxylic acids is 1. The Hall–Kier alpha value is 0.0200. The number of thioether (sulfide) groups is 1. The molecule has 0 saturated carbocycles. The zero-order valence-electron chi connectivity index (χ0n) is 7.02. The minimum atomic E-state index is 0.275. The van der Waals surface area contributed by atoms with Crippen molar-refractivity contribution >= 4 is 17.5 Å². The minimum Gasteiger partial charge on any atom is -0.298 e. The topological polar surface area (TPSA) is 17.1 Å². The van der Waals surface area contributed by atoms with Gasteiger partial charge < -0.3 is 0 Å². The highest BCUT2D eigenvalue weighted by Gasteiger charge is 2.09. The molecular formula is C8H16OS. The molecule has 0 aromatic heterocycles. The monoisotopic (exact) mass is 160 g/mol. The van der Waals surface area contributed by atoms with Gasteiger partial charge in [-0.3, -0.25) is 4.79 Å². The lowest BCUT2D eigenvalue weighted by atomic mass is 10.0. The molecule has 1 unspecified atom stereocenters. The lowest BCUT2D eigenvalue weighted by Crippen LogP contribution is -2.12. The summed E-state index contributed by atoms with van der Waals surface area (Å²) >= 11 is 1.61. The molecule has 0 aromatic carbocycles. The SMILES string of the molecule is CCCC(C)C(=O)CSC. The molecule has 10 heavy (non-hydrogen) atoms. The summed E-state index contributed by atoms with van der Waals surface area (Å²) in [5, 5.41) is 0. The van der Waals surface area contributed by atoms with Gasteiger partial charge in [0.1, 0.15) is 5.78 Å². The Bertz CT molecular complexity index is 101. The molecule has 0 aromatic rings. The van der Waals surface area contributed by atoms with Gasteiger partial charge in [0.2, 0.25) is 0 Å². The fraction of sp³-hybridized carbons (Fsp3) is 0.875. The van der Waals surface area contributed by atoms with E-state index in [4.69, 9.17) is 0 Å². The van der Waals surface area contributed by atoms with Crippen LogP contribution in [0.15, 0.2) is 0 Å². The van der Waals surface area contributed by atoms with Crippen molar-refractivity contribution in [3.8, 4) is 0 Å². The standard InChI is InChI=1S/C8H16OS/c1-4-5-7(2)8(9)6-10-3/h7H,4-6H2,1-3H3. The first-order valence-corrected chi connectivity index (χ1v) is 5.13. The van der Waals surface area contributed by atoms with Crippen LogP contribution in [-0.2, 0) is 4.79 Å². The minimum absolute atomic E-state index is 0.275. The van der Waals surface area contributed by atoms with E-state index in [2.05, 4.69) is 6.92 Å². The van der Waals surface area contributed by atoms with E-state index in [-0.39, 0.29) is 5.92 Å². The van der Waals surface area contributed by atoms with Crippen molar-refractivity contribution in [3.63, 3.8) is 0 Å². The van der Waals surface area contributed by atoms with Crippen molar-refractivity contribution in [2.75, 3.05) is 12.0 Å². The Labute approximate surface area is 67.6 Å². The van der Waals surface area contributed by atoms with E-state index in [0.29, 0.717) is 11.5 Å². The molecule has 1 atom stereocenters. The third-order valence-electron chi connectivity index (χ3n) is 1.56. The van der Waals surface area contributed by atoms with Crippen LogP contribution < -0.4 is 0 Å². The lowest BCUT2D eigenvalue weighted by Gasteiger charge is -2.06. The fourth-order valence-corrected chi connectivity index (χ4v) is 1.45. The number of ketones is 1. The Morgan fingerprint density at radius 3 is 2.60 bits per heavy atom. The summed E-state index contributed by atoms with van der Waals surface area (Å²) in [4.78, 5) is 11.1. The molecule has 60 valence electrons. The van der Waals surface area contributed by atoms with E-state index in [1.54, 1.807) is 11.8 Å². The van der Waals surface area contributed by atoms with Crippen molar-refractivity contribution in [1.82, 2.24) is 0 Å². The van der Waals surface area contributed by atoms with E-state index in [1.807, 2.05) is 13.2 Å². The van der Waals surface area contributed by atoms with Crippen LogP contribution in [0.4, 0.5) is 0 Å². The van der Waals surface area contributed by atoms with Gasteiger partial charge >= 0.3 is 0 Å². The molecule has 0 amide bonds. The van der Waals surface area contributed by atoms with E-state index < -0.39 is 0 Å². The largest absolute Gasteiger partial charge is 0.298 e. The number of hydrogen-bond donors (Lipinski definition) is 0. The molecule has 0 heterocycles. The number of Topliss-reactive ketones (excluding diaryl/α,β-unsaturated/α-hetero) is 1. The maximum atomic E-state index is 11.1. The van der Waals surface area contributed by atoms with Gasteiger partial charge in [0.15, 0.2) is 0 Å². The Morgan fingerprint density at radius 2 is 2.20 bits per heavy atom. The van der Waals surface area contributed by atoms with Crippen LogP contribution in [0.25, 0.3) is 0 Å². The van der Waals surface area contributed by atoms with Crippen molar-refractivity contribution in [2.45, 2.75) is 26.7 Å². The molecule has 0 fully saturated rings. The summed E-state index contributed by atoms with van der Waals surface area (Å²) in [6.07, 6.45) is 4.12. The highest BCUT2D eigenvalue weighted by atomic mass is 32.2. The zero-order chi connectivity index (χ0) is 7.98. The number of hydrogen-bond acceptors (Lipinski definition) is 2. The van der Waals surface area contributed by atoms with E-state index in [9.17, 15) is 4.79 Å². The Morgan fingerprint density at radius 1 is 1.60 bits per heavy atom. The van der Waals surface area contributed by atoms with Gasteiger partial charge in [0.25, 0.3) is 0 Å². The molecule has 0 N–H and O–H groups in total. The number of carbonyl (C=O) groups is 1. The van der Waals surface area contributed by atoms with Crippen LogP contribution in [0.5, 0.6) is 0 Å². The van der Waals surface area contributed by atoms with E-state index in [1.165, 1.54) is 0 Å². The van der Waals surface area contributed by atoms with Gasteiger partial charge in [0, 0.05) is 5.92 Å². The van der Waals surface area contributed by atoms with E-state index >= 15 is 0 Å². The molecular weight excluding hydrogens is 144 g/mol. The summed E-state index contributed by atoms with van der Waals surface area (Å²) in [6.45, 7) is 4.13. The molecule has 0 aliphatic carbocycles. The third kappa shape index (κ3) is 3.94. The Kier molecular flexibility index (Phi) is 5.79. The average Bonchev–Trinajstić information content (AvgIpc) is 1.89. The second-order valence-electron chi connectivity index (χ2n) is 2.59. The molecule has 1 nitrogen and oxygen atoms in total. The van der Waals surface area contributed by atoms with Gasteiger partial charge in [-0.2, -0.15) is 11.8 Å². The molecule has 0 aliphatic rings. The average molecular weight is 160 g/mol. The maximum absolute atomic E-state index is 11.1. The van der Waals surface area contributed by atoms with Crippen LogP contribution in [-0.4, -0.2) is 17.8 Å². The summed E-state index contributed by atoms with van der Waals surface area (Å²) in [7, 11) is 0. The van der Waals surface area contributed by atoms with Crippen LogP contribution in [0, 0.1) is 5.92 Å². The molecule has 0 bridgehead atoms. The van der Waals surface area contributed by atoms with Crippen LogP contribution in [0.1, 0.15) is 26.7 Å². The molecule has 2 heteroatoms. The first-order chi connectivity index (χ1) is 4.72. The first-order valence-electron chi connectivity index (χ1n) is 3.74. The van der Waals surface area contributed by atoms with Gasteiger partial charge in [0.05, 0.1) is 5.75 Å². The molecule has 0 rings (SSSR count). The smallest absolute Gasteiger partial charge is 0.145 e.